The highest BCUT2D eigenvalue weighted by atomic mass is 16.6. The highest BCUT2D eigenvalue weighted by Crippen LogP contribution is 2.20. The maximum absolute atomic E-state index is 12.1. The van der Waals surface area contributed by atoms with Crippen LogP contribution in [0.15, 0.2) is 30.3 Å². The molecule has 0 heterocycles. The van der Waals surface area contributed by atoms with E-state index in [1.807, 2.05) is 33.8 Å². The zero-order chi connectivity index (χ0) is 15.3. The van der Waals surface area contributed by atoms with Crippen LogP contribution in [0.1, 0.15) is 43.6 Å². The minimum absolute atomic E-state index is 0.412. The maximum Gasteiger partial charge on any atom is 0.414 e. The van der Waals surface area contributed by atoms with Gasteiger partial charge in [0, 0.05) is 18.3 Å². The summed E-state index contributed by atoms with van der Waals surface area (Å²) in [6.07, 6.45) is 2.21. The number of nitrogens with zero attached hydrogens (tertiary/aromatic N) is 1. The number of allylic oxidation sites excluding steroid dienone is 1. The van der Waals surface area contributed by atoms with Gasteiger partial charge in [0.25, 0.3) is 0 Å². The first-order valence-corrected chi connectivity index (χ1v) is 6.47. The van der Waals surface area contributed by atoms with Crippen LogP contribution in [-0.4, -0.2) is 29.9 Å². The van der Waals surface area contributed by atoms with Crippen molar-refractivity contribution in [1.82, 2.24) is 4.90 Å². The van der Waals surface area contributed by atoms with Gasteiger partial charge < -0.3 is 4.74 Å². The predicted octanol–water partition coefficient (Wildman–Crippen LogP) is 3.73. The van der Waals surface area contributed by atoms with Crippen LogP contribution in [0.25, 0.3) is 5.70 Å². The summed E-state index contributed by atoms with van der Waals surface area (Å²) < 4.78 is 5.34. The standard InChI is InChI=1S/C16H21NO3/c1-6-14(13-9-7-12(11-18)8-10-13)17(5)15(19)20-16(2,3)4/h6-11H,1-5H3/b14-6-. The third-order valence-electron chi connectivity index (χ3n) is 2.64. The summed E-state index contributed by atoms with van der Waals surface area (Å²) in [5, 5.41) is 0. The number of benzene rings is 1. The molecule has 0 radical (unpaired) electrons. The molecule has 108 valence electrons. The van der Waals surface area contributed by atoms with Crippen LogP contribution < -0.4 is 0 Å². The molecule has 1 amide bonds. The van der Waals surface area contributed by atoms with Crippen LogP contribution in [0.2, 0.25) is 0 Å². The van der Waals surface area contributed by atoms with Gasteiger partial charge in [0.1, 0.15) is 11.9 Å². The highest BCUT2D eigenvalue weighted by molar-refractivity contribution is 5.83. The molecule has 0 bridgehead atoms. The lowest BCUT2D eigenvalue weighted by Gasteiger charge is -2.26. The molecule has 0 aliphatic heterocycles. The average Bonchev–Trinajstić information content (AvgIpc) is 2.38. The van der Waals surface area contributed by atoms with Crippen molar-refractivity contribution in [3.63, 3.8) is 0 Å². The smallest absolute Gasteiger partial charge is 0.414 e. The summed E-state index contributed by atoms with van der Waals surface area (Å²) in [5.74, 6) is 0. The van der Waals surface area contributed by atoms with Crippen LogP contribution in [0.4, 0.5) is 4.79 Å². The van der Waals surface area contributed by atoms with Crippen molar-refractivity contribution in [3.05, 3.63) is 41.5 Å². The van der Waals surface area contributed by atoms with Gasteiger partial charge in [0.2, 0.25) is 0 Å². The fraction of sp³-hybridized carbons (Fsp3) is 0.375. The SMILES string of the molecule is C/C=C(/c1ccc(C=O)cc1)N(C)C(=O)OC(C)(C)C. The minimum Gasteiger partial charge on any atom is -0.443 e. The molecule has 0 saturated carbocycles. The van der Waals surface area contributed by atoms with Crippen LogP contribution in [0, 0.1) is 0 Å². The van der Waals surface area contributed by atoms with Gasteiger partial charge in [-0.1, -0.05) is 30.3 Å². The summed E-state index contributed by atoms with van der Waals surface area (Å²) in [6.45, 7) is 7.33. The third kappa shape index (κ3) is 4.23. The second-order valence-corrected chi connectivity index (χ2v) is 5.45. The van der Waals surface area contributed by atoms with E-state index in [-0.39, 0.29) is 0 Å². The molecule has 0 saturated heterocycles. The Morgan fingerprint density at radius 2 is 1.75 bits per heavy atom. The monoisotopic (exact) mass is 275 g/mol. The van der Waals surface area contributed by atoms with E-state index in [0.717, 1.165) is 17.5 Å². The predicted molar refractivity (Wildman–Crippen MR) is 79.5 cm³/mol. The summed E-state index contributed by atoms with van der Waals surface area (Å²) in [6, 6.07) is 7.05. The molecule has 0 fully saturated rings. The summed E-state index contributed by atoms with van der Waals surface area (Å²) in [5.41, 5.74) is 1.65. The van der Waals surface area contributed by atoms with Gasteiger partial charge in [-0.05, 0) is 33.3 Å². The Hall–Kier alpha value is -2.10. The van der Waals surface area contributed by atoms with Gasteiger partial charge in [0.05, 0.1) is 0 Å². The third-order valence-corrected chi connectivity index (χ3v) is 2.64. The first-order chi connectivity index (χ1) is 9.28. The zero-order valence-corrected chi connectivity index (χ0v) is 12.6. The van der Waals surface area contributed by atoms with Crippen LogP contribution in [0.5, 0.6) is 0 Å². The minimum atomic E-state index is -0.536. The molecule has 0 atom stereocenters. The molecule has 0 N–H and O–H groups in total. The first kappa shape index (κ1) is 16.0. The molecular weight excluding hydrogens is 254 g/mol. The Morgan fingerprint density at radius 3 is 2.15 bits per heavy atom. The van der Waals surface area contributed by atoms with Crippen molar-refractivity contribution in [3.8, 4) is 0 Å². The normalized spacial score (nSPS) is 11.9. The number of aldehydes is 1. The van der Waals surface area contributed by atoms with E-state index in [2.05, 4.69) is 0 Å². The summed E-state index contributed by atoms with van der Waals surface area (Å²) >= 11 is 0. The molecular formula is C16H21NO3. The Kier molecular flexibility index (Phi) is 5.08. The van der Waals surface area contributed by atoms with E-state index >= 15 is 0 Å². The molecule has 1 aromatic carbocycles. The quantitative estimate of drug-likeness (QED) is 0.790. The van der Waals surface area contributed by atoms with Gasteiger partial charge >= 0.3 is 6.09 Å². The Bertz CT molecular complexity index is 510. The molecule has 0 aliphatic rings. The van der Waals surface area contributed by atoms with Gasteiger partial charge in [-0.25, -0.2) is 4.79 Å². The van der Waals surface area contributed by atoms with Crippen molar-refractivity contribution in [2.45, 2.75) is 33.3 Å². The van der Waals surface area contributed by atoms with Crippen LogP contribution in [0.3, 0.4) is 0 Å². The Labute approximate surface area is 120 Å². The molecule has 0 aromatic heterocycles. The molecule has 0 unspecified atom stereocenters. The van der Waals surface area contributed by atoms with Gasteiger partial charge in [-0.15, -0.1) is 0 Å². The molecule has 4 heteroatoms. The number of ether oxygens (including phenoxy) is 1. The highest BCUT2D eigenvalue weighted by Gasteiger charge is 2.22. The largest absolute Gasteiger partial charge is 0.443 e. The lowest BCUT2D eigenvalue weighted by molar-refractivity contribution is 0.0387. The van der Waals surface area contributed by atoms with E-state index in [0.29, 0.717) is 5.56 Å². The lowest BCUT2D eigenvalue weighted by Crippen LogP contribution is -2.33. The summed E-state index contributed by atoms with van der Waals surface area (Å²) in [7, 11) is 1.66. The maximum atomic E-state index is 12.1. The number of hydrogen-bond donors (Lipinski definition) is 0. The average molecular weight is 275 g/mol. The number of rotatable bonds is 3. The van der Waals surface area contributed by atoms with Crippen molar-refractivity contribution in [2.75, 3.05) is 7.05 Å². The van der Waals surface area contributed by atoms with Gasteiger partial charge in [-0.3, -0.25) is 9.69 Å². The topological polar surface area (TPSA) is 46.6 Å². The molecule has 0 spiro atoms. The van der Waals surface area contributed by atoms with E-state index in [9.17, 15) is 9.59 Å². The first-order valence-electron chi connectivity index (χ1n) is 6.47. The second-order valence-electron chi connectivity index (χ2n) is 5.45. The van der Waals surface area contributed by atoms with Crippen LogP contribution in [-0.2, 0) is 4.74 Å². The molecule has 20 heavy (non-hydrogen) atoms. The van der Waals surface area contributed by atoms with E-state index < -0.39 is 11.7 Å². The zero-order valence-electron chi connectivity index (χ0n) is 12.6. The molecule has 1 aromatic rings. The van der Waals surface area contributed by atoms with Gasteiger partial charge in [0.15, 0.2) is 0 Å². The van der Waals surface area contributed by atoms with Gasteiger partial charge in [-0.2, -0.15) is 0 Å². The van der Waals surface area contributed by atoms with E-state index in [1.165, 1.54) is 4.90 Å². The van der Waals surface area contributed by atoms with Crippen molar-refractivity contribution < 1.29 is 14.3 Å². The summed E-state index contributed by atoms with van der Waals surface area (Å²) in [4.78, 5) is 24.2. The van der Waals surface area contributed by atoms with E-state index in [4.69, 9.17) is 4.74 Å². The fourth-order valence-corrected chi connectivity index (χ4v) is 1.72. The van der Waals surface area contributed by atoms with E-state index in [1.54, 1.807) is 31.3 Å². The van der Waals surface area contributed by atoms with Crippen molar-refractivity contribution >= 4 is 18.1 Å². The Morgan fingerprint density at radius 1 is 1.20 bits per heavy atom. The molecule has 4 nitrogen and oxygen atoms in total. The molecule has 0 aliphatic carbocycles. The molecule has 1 rings (SSSR count). The second kappa shape index (κ2) is 6.37. The van der Waals surface area contributed by atoms with Crippen LogP contribution >= 0.6 is 0 Å². The number of amides is 1. The van der Waals surface area contributed by atoms with Crippen molar-refractivity contribution in [1.29, 1.82) is 0 Å². The lowest BCUT2D eigenvalue weighted by atomic mass is 10.1. The Balaban J connectivity index is 2.95. The number of carbonyl (C=O) groups is 2. The fourth-order valence-electron chi connectivity index (χ4n) is 1.72. The number of carbonyl (C=O) groups excluding carboxylic acids is 2. The van der Waals surface area contributed by atoms with Crippen molar-refractivity contribution in [2.24, 2.45) is 0 Å². The number of hydrogen-bond acceptors (Lipinski definition) is 3.